The summed E-state index contributed by atoms with van der Waals surface area (Å²) in [7, 11) is 3.29. The van der Waals surface area contributed by atoms with Crippen LogP contribution in [0.4, 0.5) is 4.79 Å². The smallest absolute Gasteiger partial charge is 0.327 e. The maximum absolute atomic E-state index is 13.9. The van der Waals surface area contributed by atoms with Crippen LogP contribution in [0.2, 0.25) is 0 Å². The third kappa shape index (κ3) is 5.20. The second-order valence-corrected chi connectivity index (χ2v) is 10.7. The summed E-state index contributed by atoms with van der Waals surface area (Å²) in [6.45, 7) is 4.20. The number of carbonyl (C=O) groups excluding carboxylic acids is 3. The third-order valence-electron chi connectivity index (χ3n) is 8.28. The number of carbonyl (C=O) groups is 3. The summed E-state index contributed by atoms with van der Waals surface area (Å²) >= 11 is 0. The summed E-state index contributed by atoms with van der Waals surface area (Å²) in [5.74, 6) is -0.508. The first-order chi connectivity index (χ1) is 18.4. The molecule has 5 rings (SSSR count). The molecule has 3 fully saturated rings. The number of amides is 4. The van der Waals surface area contributed by atoms with E-state index < -0.39 is 0 Å². The Balaban J connectivity index is 1.39. The van der Waals surface area contributed by atoms with Crippen molar-refractivity contribution < 1.29 is 23.9 Å². The predicted octanol–water partition coefficient (Wildman–Crippen LogP) is 4.00. The van der Waals surface area contributed by atoms with Gasteiger partial charge in [-0.05, 0) is 55.9 Å². The van der Waals surface area contributed by atoms with Gasteiger partial charge < -0.3 is 19.3 Å². The summed E-state index contributed by atoms with van der Waals surface area (Å²) in [4.78, 5) is 45.5. The number of methoxy groups -OCH3 is 2. The number of likely N-dealkylation sites (tertiary alicyclic amines) is 1. The fraction of sp³-hybridized carbons (Fsp3) is 0.500. The number of hydrogen-bond donors (Lipinski definition) is 0. The van der Waals surface area contributed by atoms with E-state index in [-0.39, 0.29) is 48.6 Å². The van der Waals surface area contributed by atoms with Crippen LogP contribution in [0.25, 0.3) is 0 Å². The number of fused-ring (bicyclic) bond motifs is 1. The van der Waals surface area contributed by atoms with E-state index in [0.29, 0.717) is 24.9 Å². The van der Waals surface area contributed by atoms with Crippen molar-refractivity contribution in [3.05, 3.63) is 70.8 Å². The van der Waals surface area contributed by atoms with Crippen LogP contribution < -0.4 is 0 Å². The highest BCUT2D eigenvalue weighted by molar-refractivity contribution is 5.99. The second kappa shape index (κ2) is 11.3. The fourth-order valence-electron chi connectivity index (χ4n) is 6.19. The Morgan fingerprint density at radius 3 is 2.24 bits per heavy atom. The maximum atomic E-state index is 13.9. The molecule has 0 N–H and O–H groups in total. The molecule has 2 aliphatic heterocycles. The summed E-state index contributed by atoms with van der Waals surface area (Å²) in [5.41, 5.74) is 3.60. The Labute approximate surface area is 224 Å². The van der Waals surface area contributed by atoms with E-state index in [0.717, 1.165) is 42.6 Å². The van der Waals surface area contributed by atoms with Gasteiger partial charge in [0, 0.05) is 45.5 Å². The van der Waals surface area contributed by atoms with Gasteiger partial charge in [0.2, 0.25) is 5.91 Å². The number of imide groups is 1. The summed E-state index contributed by atoms with van der Waals surface area (Å²) in [6, 6.07) is 14.9. The molecule has 8 heteroatoms. The zero-order chi connectivity index (χ0) is 26.8. The van der Waals surface area contributed by atoms with Crippen molar-refractivity contribution in [2.45, 2.75) is 63.9 Å². The van der Waals surface area contributed by atoms with Crippen molar-refractivity contribution in [1.29, 1.82) is 0 Å². The Morgan fingerprint density at radius 1 is 0.895 bits per heavy atom. The molecule has 202 valence electrons. The highest BCUT2D eigenvalue weighted by Crippen LogP contribution is 2.38. The van der Waals surface area contributed by atoms with Gasteiger partial charge in [0.05, 0.1) is 24.7 Å². The minimum Gasteiger partial charge on any atom is -0.379 e. The van der Waals surface area contributed by atoms with Crippen LogP contribution in [-0.2, 0) is 27.4 Å². The van der Waals surface area contributed by atoms with Crippen molar-refractivity contribution in [2.75, 3.05) is 27.3 Å². The van der Waals surface area contributed by atoms with Gasteiger partial charge in [-0.25, -0.2) is 4.79 Å². The third-order valence-corrected chi connectivity index (χ3v) is 8.28. The number of urea groups is 1. The molecule has 0 bridgehead atoms. The van der Waals surface area contributed by atoms with Gasteiger partial charge in [-0.1, -0.05) is 42.0 Å². The molecule has 1 saturated carbocycles. The molecule has 0 radical (unpaired) electrons. The summed E-state index contributed by atoms with van der Waals surface area (Å²) in [6.07, 6.45) is 2.73. The molecule has 2 saturated heterocycles. The van der Waals surface area contributed by atoms with Crippen molar-refractivity contribution in [2.24, 2.45) is 5.92 Å². The minimum absolute atomic E-state index is 0.0341. The van der Waals surface area contributed by atoms with Gasteiger partial charge >= 0.3 is 6.03 Å². The quantitative estimate of drug-likeness (QED) is 0.553. The number of aryl methyl sites for hydroxylation is 1. The Kier molecular flexibility index (Phi) is 7.81. The average molecular weight is 520 g/mol. The van der Waals surface area contributed by atoms with E-state index in [2.05, 4.69) is 6.07 Å². The molecule has 2 heterocycles. The predicted molar refractivity (Wildman–Crippen MR) is 142 cm³/mol. The molecule has 1 aliphatic carbocycles. The number of hydrogen-bond acceptors (Lipinski definition) is 5. The normalized spacial score (nSPS) is 25.6. The highest BCUT2D eigenvalue weighted by atomic mass is 16.5. The topological polar surface area (TPSA) is 79.4 Å². The van der Waals surface area contributed by atoms with E-state index in [1.165, 1.54) is 4.90 Å². The number of rotatable bonds is 7. The van der Waals surface area contributed by atoms with Crippen LogP contribution in [0, 0.1) is 12.8 Å². The first kappa shape index (κ1) is 26.4. The second-order valence-electron chi connectivity index (χ2n) is 10.7. The van der Waals surface area contributed by atoms with Gasteiger partial charge in [-0.2, -0.15) is 0 Å². The molecule has 38 heavy (non-hydrogen) atoms. The van der Waals surface area contributed by atoms with Gasteiger partial charge in [0.1, 0.15) is 0 Å². The SMILES string of the molecule is COC1CC2C(=O)N(Cc3ccc(C(=O)N4CCCC4)cc3)C(=O)N(Cc3cccc(C)c3)C2CC1OC. The molecular formula is C30H37N3O5. The van der Waals surface area contributed by atoms with E-state index in [1.807, 2.05) is 47.1 Å². The molecule has 2 aromatic rings. The van der Waals surface area contributed by atoms with Crippen molar-refractivity contribution in [1.82, 2.24) is 14.7 Å². The van der Waals surface area contributed by atoms with E-state index in [1.54, 1.807) is 26.4 Å². The average Bonchev–Trinajstić information content (AvgIpc) is 3.48. The lowest BCUT2D eigenvalue weighted by Gasteiger charge is -2.50. The Bertz CT molecular complexity index is 1180. The molecule has 0 aromatic heterocycles. The maximum Gasteiger partial charge on any atom is 0.327 e. The zero-order valence-corrected chi connectivity index (χ0v) is 22.5. The minimum atomic E-state index is -0.370. The van der Waals surface area contributed by atoms with Crippen LogP contribution in [0.15, 0.2) is 48.5 Å². The zero-order valence-electron chi connectivity index (χ0n) is 22.5. The Morgan fingerprint density at radius 2 is 1.58 bits per heavy atom. The summed E-state index contributed by atoms with van der Waals surface area (Å²) < 4.78 is 11.4. The monoisotopic (exact) mass is 519 g/mol. The first-order valence-electron chi connectivity index (χ1n) is 13.5. The molecule has 2 aromatic carbocycles. The lowest BCUT2D eigenvalue weighted by Crippen LogP contribution is -2.64. The van der Waals surface area contributed by atoms with Crippen molar-refractivity contribution in [3.8, 4) is 0 Å². The number of nitrogens with zero attached hydrogens (tertiary/aromatic N) is 3. The molecule has 4 amide bonds. The van der Waals surface area contributed by atoms with Gasteiger partial charge in [0.25, 0.3) is 5.91 Å². The molecular weight excluding hydrogens is 482 g/mol. The van der Waals surface area contributed by atoms with Crippen LogP contribution >= 0.6 is 0 Å². The van der Waals surface area contributed by atoms with E-state index in [4.69, 9.17) is 9.47 Å². The standard InChI is InChI=1S/C30H37N3O5/c1-20-7-6-8-22(15-20)19-32-25-17-27(38-3)26(37-2)16-24(25)29(35)33(30(32)36)18-21-9-11-23(12-10-21)28(34)31-13-4-5-14-31/h6-12,15,24-27H,4-5,13-14,16-19H2,1-3H3. The molecule has 8 nitrogen and oxygen atoms in total. The Hall–Kier alpha value is -3.23. The number of ether oxygens (including phenoxy) is 2. The van der Waals surface area contributed by atoms with Crippen LogP contribution in [0.3, 0.4) is 0 Å². The lowest BCUT2D eigenvalue weighted by atomic mass is 9.77. The molecule has 4 unspecified atom stereocenters. The molecule has 0 spiro atoms. The van der Waals surface area contributed by atoms with Crippen molar-refractivity contribution in [3.63, 3.8) is 0 Å². The van der Waals surface area contributed by atoms with Crippen molar-refractivity contribution >= 4 is 17.8 Å². The molecule has 3 aliphatic rings. The molecule has 4 atom stereocenters. The van der Waals surface area contributed by atoms with Gasteiger partial charge in [-0.15, -0.1) is 0 Å². The van der Waals surface area contributed by atoms with Crippen LogP contribution in [0.1, 0.15) is 52.7 Å². The lowest BCUT2D eigenvalue weighted by molar-refractivity contribution is -0.152. The largest absolute Gasteiger partial charge is 0.379 e. The van der Waals surface area contributed by atoms with Gasteiger partial charge in [-0.3, -0.25) is 14.5 Å². The first-order valence-corrected chi connectivity index (χ1v) is 13.5. The van der Waals surface area contributed by atoms with E-state index >= 15 is 0 Å². The van der Waals surface area contributed by atoms with Gasteiger partial charge in [0.15, 0.2) is 0 Å². The summed E-state index contributed by atoms with van der Waals surface area (Å²) in [5, 5.41) is 0. The highest BCUT2D eigenvalue weighted by Gasteiger charge is 2.51. The fourth-order valence-corrected chi connectivity index (χ4v) is 6.19. The van der Waals surface area contributed by atoms with Crippen LogP contribution in [0.5, 0.6) is 0 Å². The number of benzene rings is 2. The van der Waals surface area contributed by atoms with E-state index in [9.17, 15) is 14.4 Å². The van der Waals surface area contributed by atoms with Crippen LogP contribution in [-0.4, -0.2) is 78.1 Å².